The van der Waals surface area contributed by atoms with E-state index in [1.165, 1.54) is 6.07 Å². The number of nitrogens with zero attached hydrogens (tertiary/aromatic N) is 1. The van der Waals surface area contributed by atoms with Crippen molar-refractivity contribution in [3.05, 3.63) is 35.9 Å². The van der Waals surface area contributed by atoms with Crippen LogP contribution in [0.3, 0.4) is 0 Å². The van der Waals surface area contributed by atoms with Crippen LogP contribution in [0.1, 0.15) is 12.0 Å². The van der Waals surface area contributed by atoms with Gasteiger partial charge in [-0.1, -0.05) is 30.3 Å². The van der Waals surface area contributed by atoms with Gasteiger partial charge in [-0.15, -0.1) is 0 Å². The van der Waals surface area contributed by atoms with E-state index in [1.54, 1.807) is 30.3 Å². The Morgan fingerprint density at radius 2 is 1.84 bits per heavy atom. The van der Waals surface area contributed by atoms with Crippen LogP contribution < -0.4 is 0 Å². The van der Waals surface area contributed by atoms with Crippen LogP contribution in [0.2, 0.25) is 0 Å². The molecule has 0 fully saturated rings. The van der Waals surface area contributed by atoms with Crippen molar-refractivity contribution in [1.29, 1.82) is 5.26 Å². The van der Waals surface area contributed by atoms with Crippen molar-refractivity contribution >= 4 is 10.1 Å². The lowest BCUT2D eigenvalue weighted by molar-refractivity contribution is -0.0559. The molecule has 1 aromatic rings. The first-order valence-corrected chi connectivity index (χ1v) is 6.60. The molecule has 0 bridgehead atoms. The van der Waals surface area contributed by atoms with Gasteiger partial charge in [-0.2, -0.15) is 26.9 Å². The topological polar surface area (TPSA) is 67.2 Å². The lowest BCUT2D eigenvalue weighted by Crippen LogP contribution is -2.29. The molecule has 0 N–H and O–H groups in total. The van der Waals surface area contributed by atoms with Crippen LogP contribution in [0.5, 0.6) is 0 Å². The second-order valence-corrected chi connectivity index (χ2v) is 5.20. The highest BCUT2D eigenvalue weighted by atomic mass is 32.2. The third kappa shape index (κ3) is 4.54. The molecular weight excluding hydrogens is 283 g/mol. The van der Waals surface area contributed by atoms with E-state index in [0.29, 0.717) is 0 Å². The zero-order valence-electron chi connectivity index (χ0n) is 9.59. The smallest absolute Gasteiger partial charge is 0.244 e. The number of alkyl halides is 3. The summed E-state index contributed by atoms with van der Waals surface area (Å²) in [5.41, 5.74) is -4.75. The quantitative estimate of drug-likeness (QED) is 0.617. The Labute approximate surface area is 108 Å². The van der Waals surface area contributed by atoms with Gasteiger partial charge in [-0.25, -0.2) is 4.18 Å². The summed E-state index contributed by atoms with van der Waals surface area (Å²) in [4.78, 5) is 0. The molecule has 8 heteroatoms. The second kappa shape index (κ2) is 6.04. The summed E-state index contributed by atoms with van der Waals surface area (Å²) in [7, 11) is -5.74. The molecule has 4 nitrogen and oxygen atoms in total. The summed E-state index contributed by atoms with van der Waals surface area (Å²) in [6.07, 6.45) is -1.56. The second-order valence-electron chi connectivity index (χ2n) is 3.64. The summed E-state index contributed by atoms with van der Waals surface area (Å²) in [6, 6.07) is 10.0. The van der Waals surface area contributed by atoms with Gasteiger partial charge in [0, 0.05) is 0 Å². The largest absolute Gasteiger partial charge is 0.523 e. The molecule has 0 radical (unpaired) electrons. The standard InChI is InChI=1S/C11H10F3NO3S/c12-11(13,14)19(16,17)18-10(8-15)7-6-9-4-2-1-3-5-9/h1-5,10H,6-7H2/t10-/m0/s1. The van der Waals surface area contributed by atoms with Crippen LogP contribution in [0.4, 0.5) is 13.2 Å². The monoisotopic (exact) mass is 293 g/mol. The highest BCUT2D eigenvalue weighted by Crippen LogP contribution is 2.26. The van der Waals surface area contributed by atoms with E-state index < -0.39 is 21.7 Å². The van der Waals surface area contributed by atoms with Gasteiger partial charge in [0.15, 0.2) is 6.10 Å². The maximum atomic E-state index is 12.1. The lowest BCUT2D eigenvalue weighted by atomic mass is 10.1. The molecule has 0 unspecified atom stereocenters. The zero-order chi connectivity index (χ0) is 14.5. The van der Waals surface area contributed by atoms with E-state index in [4.69, 9.17) is 5.26 Å². The predicted molar refractivity (Wildman–Crippen MR) is 60.2 cm³/mol. The SMILES string of the molecule is N#C[C@H](CCc1ccccc1)OS(=O)(=O)C(F)(F)F. The highest BCUT2D eigenvalue weighted by molar-refractivity contribution is 7.87. The van der Waals surface area contributed by atoms with Gasteiger partial charge >= 0.3 is 15.6 Å². The van der Waals surface area contributed by atoms with Crippen molar-refractivity contribution in [3.63, 3.8) is 0 Å². The molecule has 0 aliphatic rings. The average Bonchev–Trinajstić information content (AvgIpc) is 2.34. The van der Waals surface area contributed by atoms with Gasteiger partial charge in [0.2, 0.25) is 0 Å². The summed E-state index contributed by atoms with van der Waals surface area (Å²) in [6.45, 7) is 0. The Morgan fingerprint density at radius 3 is 2.32 bits per heavy atom. The van der Waals surface area contributed by atoms with Crippen LogP contribution in [-0.2, 0) is 20.7 Å². The van der Waals surface area contributed by atoms with E-state index in [0.717, 1.165) is 5.56 Å². The zero-order valence-corrected chi connectivity index (χ0v) is 10.4. The molecule has 0 aliphatic carbocycles. The number of benzene rings is 1. The number of halogens is 3. The van der Waals surface area contributed by atoms with Crippen LogP contribution in [0.15, 0.2) is 30.3 Å². The number of aryl methyl sites for hydroxylation is 1. The van der Waals surface area contributed by atoms with Crippen molar-refractivity contribution in [2.24, 2.45) is 0 Å². The molecular formula is C11H10F3NO3S. The lowest BCUT2D eigenvalue weighted by Gasteiger charge is -2.12. The Hall–Kier alpha value is -1.59. The van der Waals surface area contributed by atoms with Gasteiger partial charge in [0.1, 0.15) is 0 Å². The molecule has 0 aromatic heterocycles. The Kier molecular flexibility index (Phi) is 4.91. The molecule has 0 heterocycles. The summed E-state index contributed by atoms with van der Waals surface area (Å²) in [5.74, 6) is 0. The minimum absolute atomic E-state index is 0.143. The Bertz CT molecular complexity index is 549. The molecule has 0 saturated heterocycles. The normalized spacial score (nSPS) is 13.8. The molecule has 0 amide bonds. The minimum Gasteiger partial charge on any atom is -0.244 e. The van der Waals surface area contributed by atoms with E-state index in [1.807, 2.05) is 0 Å². The minimum atomic E-state index is -5.74. The summed E-state index contributed by atoms with van der Waals surface area (Å²) in [5, 5.41) is 8.63. The van der Waals surface area contributed by atoms with Crippen molar-refractivity contribution in [2.45, 2.75) is 24.5 Å². The maximum Gasteiger partial charge on any atom is 0.523 e. The highest BCUT2D eigenvalue weighted by Gasteiger charge is 2.48. The fourth-order valence-electron chi connectivity index (χ4n) is 1.28. The van der Waals surface area contributed by atoms with Gasteiger partial charge in [-0.05, 0) is 18.4 Å². The van der Waals surface area contributed by atoms with E-state index >= 15 is 0 Å². The molecule has 0 spiro atoms. The number of rotatable bonds is 5. The molecule has 0 saturated carbocycles. The number of nitriles is 1. The van der Waals surface area contributed by atoms with Gasteiger partial charge in [0.05, 0.1) is 6.07 Å². The molecule has 1 atom stereocenters. The van der Waals surface area contributed by atoms with Gasteiger partial charge < -0.3 is 0 Å². The maximum absolute atomic E-state index is 12.1. The molecule has 0 aliphatic heterocycles. The van der Waals surface area contributed by atoms with E-state index in [-0.39, 0.29) is 12.8 Å². The van der Waals surface area contributed by atoms with Crippen LogP contribution in [0, 0.1) is 11.3 Å². The third-order valence-corrected chi connectivity index (χ3v) is 3.26. The van der Waals surface area contributed by atoms with Crippen molar-refractivity contribution in [2.75, 3.05) is 0 Å². The van der Waals surface area contributed by atoms with E-state index in [9.17, 15) is 21.6 Å². The predicted octanol–water partition coefficient (Wildman–Crippen LogP) is 2.38. The first kappa shape index (κ1) is 15.5. The Morgan fingerprint density at radius 1 is 1.26 bits per heavy atom. The summed E-state index contributed by atoms with van der Waals surface area (Å²) >= 11 is 0. The van der Waals surface area contributed by atoms with Gasteiger partial charge in [0.25, 0.3) is 0 Å². The third-order valence-electron chi connectivity index (χ3n) is 2.21. The van der Waals surface area contributed by atoms with Crippen LogP contribution in [-0.4, -0.2) is 20.0 Å². The number of hydrogen-bond donors (Lipinski definition) is 0. The molecule has 19 heavy (non-hydrogen) atoms. The molecule has 1 rings (SSSR count). The summed E-state index contributed by atoms with van der Waals surface area (Å²) < 4.78 is 61.5. The van der Waals surface area contributed by atoms with Crippen molar-refractivity contribution in [3.8, 4) is 6.07 Å². The first-order valence-electron chi connectivity index (χ1n) is 5.19. The fraction of sp³-hybridized carbons (Fsp3) is 0.364. The fourth-order valence-corrected chi connectivity index (χ4v) is 1.84. The number of hydrogen-bond acceptors (Lipinski definition) is 4. The first-order chi connectivity index (χ1) is 8.76. The van der Waals surface area contributed by atoms with Gasteiger partial charge in [-0.3, -0.25) is 0 Å². The average molecular weight is 293 g/mol. The van der Waals surface area contributed by atoms with Crippen molar-refractivity contribution in [1.82, 2.24) is 0 Å². The van der Waals surface area contributed by atoms with E-state index in [2.05, 4.69) is 4.18 Å². The van der Waals surface area contributed by atoms with Crippen LogP contribution in [0.25, 0.3) is 0 Å². The molecule has 104 valence electrons. The van der Waals surface area contributed by atoms with Crippen LogP contribution >= 0.6 is 0 Å². The molecule has 1 aromatic carbocycles. The van der Waals surface area contributed by atoms with Crippen molar-refractivity contribution < 1.29 is 25.8 Å². The Balaban J connectivity index is 2.64.